The van der Waals surface area contributed by atoms with Crippen LogP contribution >= 0.6 is 11.8 Å². The number of aryl methyl sites for hydroxylation is 1. The van der Waals surface area contributed by atoms with Gasteiger partial charge in [-0.05, 0) is 38.5 Å². The number of nitrogens with zero attached hydrogens (tertiary/aromatic N) is 1. The van der Waals surface area contributed by atoms with Crippen molar-refractivity contribution < 1.29 is 14.3 Å². The first-order chi connectivity index (χ1) is 12.9. The van der Waals surface area contributed by atoms with E-state index in [1.165, 1.54) is 11.8 Å². The average Bonchev–Trinajstić information content (AvgIpc) is 2.65. The van der Waals surface area contributed by atoms with E-state index in [2.05, 4.69) is 15.6 Å². The molecule has 1 atom stereocenters. The highest BCUT2D eigenvalue weighted by Crippen LogP contribution is 2.29. The molecule has 0 aliphatic carbocycles. The maximum Gasteiger partial charge on any atom is 0.243 e. The number of para-hydroxylation sites is 1. The summed E-state index contributed by atoms with van der Waals surface area (Å²) in [6.07, 6.45) is 1.65. The van der Waals surface area contributed by atoms with Gasteiger partial charge < -0.3 is 15.4 Å². The Balaban J connectivity index is 1.64. The van der Waals surface area contributed by atoms with E-state index in [4.69, 9.17) is 4.74 Å². The molecule has 142 valence electrons. The fourth-order valence-electron chi connectivity index (χ4n) is 2.60. The monoisotopic (exact) mass is 385 g/mol. The number of carbonyl (C=O) groups excluding carboxylic acids is 2. The van der Waals surface area contributed by atoms with Gasteiger partial charge in [0.15, 0.2) is 0 Å². The van der Waals surface area contributed by atoms with Gasteiger partial charge >= 0.3 is 0 Å². The second-order valence-corrected chi connectivity index (χ2v) is 8.54. The van der Waals surface area contributed by atoms with E-state index >= 15 is 0 Å². The Bertz CT molecular complexity index is 854. The Morgan fingerprint density at radius 2 is 2.11 bits per heavy atom. The van der Waals surface area contributed by atoms with Gasteiger partial charge in [-0.25, -0.2) is 4.98 Å². The van der Waals surface area contributed by atoms with Crippen LogP contribution in [0, 0.1) is 6.92 Å². The van der Waals surface area contributed by atoms with E-state index in [-0.39, 0.29) is 18.4 Å². The van der Waals surface area contributed by atoms with E-state index in [1.54, 1.807) is 12.3 Å². The summed E-state index contributed by atoms with van der Waals surface area (Å²) in [7, 11) is 0. The molecule has 1 fully saturated rings. The van der Waals surface area contributed by atoms with Crippen LogP contribution in [-0.4, -0.2) is 33.3 Å². The fourth-order valence-corrected chi connectivity index (χ4v) is 3.61. The molecule has 0 unspecified atom stereocenters. The van der Waals surface area contributed by atoms with Gasteiger partial charge in [0.1, 0.15) is 11.8 Å². The molecule has 0 spiro atoms. The molecule has 0 saturated carbocycles. The first-order valence-corrected chi connectivity index (χ1v) is 9.75. The van der Waals surface area contributed by atoms with Crippen LogP contribution in [0.1, 0.15) is 25.0 Å². The molecule has 7 heteroatoms. The van der Waals surface area contributed by atoms with Crippen LogP contribution < -0.4 is 15.4 Å². The predicted octanol–water partition coefficient (Wildman–Crippen LogP) is 2.81. The Hall–Kier alpha value is -2.54. The lowest BCUT2D eigenvalue weighted by atomic mass is 10.1. The summed E-state index contributed by atoms with van der Waals surface area (Å²) in [6.45, 7) is 5.94. The molecule has 0 radical (unpaired) electrons. The van der Waals surface area contributed by atoms with Gasteiger partial charge in [0.05, 0.1) is 4.75 Å². The zero-order valence-corrected chi connectivity index (χ0v) is 16.4. The van der Waals surface area contributed by atoms with Crippen molar-refractivity contribution in [2.45, 2.75) is 38.1 Å². The second kappa shape index (κ2) is 8.00. The fraction of sp³-hybridized carbons (Fsp3) is 0.350. The van der Waals surface area contributed by atoms with Crippen molar-refractivity contribution in [1.82, 2.24) is 15.6 Å². The second-order valence-electron chi connectivity index (χ2n) is 6.90. The molecule has 3 rings (SSSR count). The highest BCUT2D eigenvalue weighted by atomic mass is 32.2. The first-order valence-electron chi connectivity index (χ1n) is 8.77. The van der Waals surface area contributed by atoms with Crippen molar-refractivity contribution in [2.75, 3.05) is 5.75 Å². The highest BCUT2D eigenvalue weighted by Gasteiger charge is 2.37. The average molecular weight is 385 g/mol. The number of aromatic nitrogens is 1. The lowest BCUT2D eigenvalue weighted by Crippen LogP contribution is -2.57. The maximum atomic E-state index is 12.5. The smallest absolute Gasteiger partial charge is 0.243 e. The molecule has 0 bridgehead atoms. The summed E-state index contributed by atoms with van der Waals surface area (Å²) in [6, 6.07) is 10.8. The quantitative estimate of drug-likeness (QED) is 0.827. The van der Waals surface area contributed by atoms with Crippen molar-refractivity contribution in [3.63, 3.8) is 0 Å². The van der Waals surface area contributed by atoms with Crippen molar-refractivity contribution in [3.8, 4) is 11.6 Å². The van der Waals surface area contributed by atoms with Crippen LogP contribution in [0.5, 0.6) is 11.6 Å². The molecule has 1 aromatic carbocycles. The SMILES string of the molecule is Cc1ccccc1Oc1ncccc1CNC(=O)[C@@H]1CSC(C)(C)C(=O)N1. The van der Waals surface area contributed by atoms with Gasteiger partial charge in [0.2, 0.25) is 17.7 Å². The molecule has 2 aromatic rings. The number of pyridine rings is 1. The Morgan fingerprint density at radius 1 is 1.33 bits per heavy atom. The Morgan fingerprint density at radius 3 is 2.85 bits per heavy atom. The summed E-state index contributed by atoms with van der Waals surface area (Å²) in [4.78, 5) is 28.8. The van der Waals surface area contributed by atoms with Gasteiger partial charge in [-0.1, -0.05) is 24.3 Å². The molecule has 1 aliphatic heterocycles. The Labute approximate surface area is 163 Å². The summed E-state index contributed by atoms with van der Waals surface area (Å²) in [5, 5.41) is 5.66. The van der Waals surface area contributed by atoms with Crippen LogP contribution in [0.15, 0.2) is 42.6 Å². The lowest BCUT2D eigenvalue weighted by Gasteiger charge is -2.32. The van der Waals surface area contributed by atoms with Crippen molar-refractivity contribution in [2.24, 2.45) is 0 Å². The maximum absolute atomic E-state index is 12.5. The van der Waals surface area contributed by atoms with Crippen molar-refractivity contribution in [3.05, 3.63) is 53.7 Å². The van der Waals surface area contributed by atoms with Gasteiger partial charge in [0.25, 0.3) is 0 Å². The molecule has 1 saturated heterocycles. The molecular weight excluding hydrogens is 362 g/mol. The third-order valence-electron chi connectivity index (χ3n) is 4.38. The van der Waals surface area contributed by atoms with E-state index in [0.29, 0.717) is 11.6 Å². The van der Waals surface area contributed by atoms with Gasteiger partial charge in [-0.3, -0.25) is 9.59 Å². The molecule has 1 aromatic heterocycles. The molecule has 27 heavy (non-hydrogen) atoms. The number of hydrogen-bond donors (Lipinski definition) is 2. The summed E-state index contributed by atoms with van der Waals surface area (Å²) >= 11 is 1.48. The molecular formula is C20H23N3O3S. The summed E-state index contributed by atoms with van der Waals surface area (Å²) in [5.41, 5.74) is 1.77. The molecule has 2 N–H and O–H groups in total. The summed E-state index contributed by atoms with van der Waals surface area (Å²) in [5.74, 6) is 1.39. The van der Waals surface area contributed by atoms with Gasteiger partial charge in [-0.15, -0.1) is 11.8 Å². The molecule has 2 heterocycles. The standard InChI is InChI=1S/C20H23N3O3S/c1-13-7-4-5-9-16(13)26-18-14(8-6-10-21-18)11-22-17(24)15-12-27-20(2,3)19(25)23-15/h4-10,15H,11-12H2,1-3H3,(H,22,24)(H,23,25)/t15-/m0/s1. The van der Waals surface area contributed by atoms with E-state index in [1.807, 2.05) is 51.1 Å². The minimum Gasteiger partial charge on any atom is -0.438 e. The van der Waals surface area contributed by atoms with Crippen LogP contribution in [0.2, 0.25) is 0 Å². The van der Waals surface area contributed by atoms with E-state index < -0.39 is 10.8 Å². The number of benzene rings is 1. The lowest BCUT2D eigenvalue weighted by molar-refractivity contribution is -0.129. The number of thioether (sulfide) groups is 1. The van der Waals surface area contributed by atoms with Crippen LogP contribution in [-0.2, 0) is 16.1 Å². The molecule has 1 aliphatic rings. The minimum atomic E-state index is -0.534. The molecule has 6 nitrogen and oxygen atoms in total. The largest absolute Gasteiger partial charge is 0.438 e. The van der Waals surface area contributed by atoms with Gasteiger partial charge in [-0.2, -0.15) is 0 Å². The number of hydrogen-bond acceptors (Lipinski definition) is 5. The first kappa shape index (κ1) is 19.2. The number of rotatable bonds is 5. The number of nitrogens with one attached hydrogen (secondary N) is 2. The number of carbonyl (C=O) groups is 2. The topological polar surface area (TPSA) is 80.3 Å². The minimum absolute atomic E-state index is 0.121. The third-order valence-corrected chi connectivity index (χ3v) is 5.79. The Kier molecular flexibility index (Phi) is 5.70. The van der Waals surface area contributed by atoms with Crippen LogP contribution in [0.3, 0.4) is 0 Å². The zero-order valence-electron chi connectivity index (χ0n) is 15.6. The zero-order chi connectivity index (χ0) is 19.4. The summed E-state index contributed by atoms with van der Waals surface area (Å²) < 4.78 is 5.42. The van der Waals surface area contributed by atoms with Crippen LogP contribution in [0.4, 0.5) is 0 Å². The van der Waals surface area contributed by atoms with Crippen LogP contribution in [0.25, 0.3) is 0 Å². The predicted molar refractivity (Wildman–Crippen MR) is 106 cm³/mol. The van der Waals surface area contributed by atoms with E-state index in [9.17, 15) is 9.59 Å². The number of amides is 2. The number of ether oxygens (including phenoxy) is 1. The highest BCUT2D eigenvalue weighted by molar-refractivity contribution is 8.01. The van der Waals surface area contributed by atoms with E-state index in [0.717, 1.165) is 16.9 Å². The van der Waals surface area contributed by atoms with Gasteiger partial charge in [0, 0.05) is 24.1 Å². The van der Waals surface area contributed by atoms with Crippen molar-refractivity contribution in [1.29, 1.82) is 0 Å². The normalized spacial score (nSPS) is 18.5. The third kappa shape index (κ3) is 4.60. The van der Waals surface area contributed by atoms with Crippen molar-refractivity contribution >= 4 is 23.6 Å². The molecule has 2 amide bonds.